The van der Waals surface area contributed by atoms with Crippen molar-refractivity contribution in [3.8, 4) is 11.5 Å². The minimum atomic E-state index is -0.769. The molecule has 10 heteroatoms. The fourth-order valence-corrected chi connectivity index (χ4v) is 3.27. The van der Waals surface area contributed by atoms with E-state index in [9.17, 15) is 14.4 Å². The van der Waals surface area contributed by atoms with Gasteiger partial charge in [-0.25, -0.2) is 4.79 Å². The first kappa shape index (κ1) is 22.7. The Labute approximate surface area is 184 Å². The Kier molecular flexibility index (Phi) is 7.04. The van der Waals surface area contributed by atoms with Gasteiger partial charge in [-0.2, -0.15) is 0 Å². The van der Waals surface area contributed by atoms with Crippen LogP contribution in [0.15, 0.2) is 50.6 Å². The van der Waals surface area contributed by atoms with Gasteiger partial charge in [0.25, 0.3) is 11.5 Å². The van der Waals surface area contributed by atoms with Crippen LogP contribution < -0.4 is 31.4 Å². The van der Waals surface area contributed by atoms with Crippen molar-refractivity contribution in [1.29, 1.82) is 0 Å². The van der Waals surface area contributed by atoms with Gasteiger partial charge in [0.1, 0.15) is 23.1 Å². The van der Waals surface area contributed by atoms with E-state index in [1.807, 2.05) is 6.92 Å². The van der Waals surface area contributed by atoms with Crippen LogP contribution in [-0.2, 0) is 13.1 Å². The van der Waals surface area contributed by atoms with E-state index in [4.69, 9.17) is 19.6 Å². The van der Waals surface area contributed by atoms with Gasteiger partial charge in [0, 0.05) is 18.2 Å². The molecule has 2 aromatic heterocycles. The second-order valence-corrected chi connectivity index (χ2v) is 7.07. The van der Waals surface area contributed by atoms with Crippen molar-refractivity contribution < 1.29 is 18.7 Å². The maximum Gasteiger partial charge on any atom is 0.330 e. The van der Waals surface area contributed by atoms with Crippen molar-refractivity contribution >= 4 is 17.4 Å². The van der Waals surface area contributed by atoms with Gasteiger partial charge < -0.3 is 19.6 Å². The monoisotopic (exact) mass is 442 g/mol. The van der Waals surface area contributed by atoms with Crippen LogP contribution in [0.4, 0.5) is 11.5 Å². The van der Waals surface area contributed by atoms with Crippen LogP contribution in [0, 0.1) is 0 Å². The highest BCUT2D eigenvalue weighted by Gasteiger charge is 2.27. The average Bonchev–Trinajstić information content (AvgIpc) is 3.30. The number of benzene rings is 1. The number of H-pyrrole nitrogens is 1. The van der Waals surface area contributed by atoms with E-state index in [1.165, 1.54) is 42.1 Å². The van der Waals surface area contributed by atoms with Crippen molar-refractivity contribution in [3.63, 3.8) is 0 Å². The molecule has 0 aliphatic carbocycles. The summed E-state index contributed by atoms with van der Waals surface area (Å²) in [6.45, 7) is 2.20. The Hall–Kier alpha value is -3.95. The fraction of sp³-hybridized carbons (Fsp3) is 0.318. The number of carbonyl (C=O) groups excluding carboxylic acids is 1. The lowest BCUT2D eigenvalue weighted by molar-refractivity contribution is 0.0982. The van der Waals surface area contributed by atoms with Gasteiger partial charge in [0.2, 0.25) is 0 Å². The first-order valence-electron chi connectivity index (χ1n) is 10.1. The molecule has 10 nitrogen and oxygen atoms in total. The number of carbonyl (C=O) groups is 1. The molecular formula is C22H26N4O6. The van der Waals surface area contributed by atoms with Crippen LogP contribution in [-0.4, -0.2) is 29.7 Å². The number of rotatable bonds is 9. The molecule has 3 rings (SSSR count). The summed E-state index contributed by atoms with van der Waals surface area (Å²) in [5, 5.41) is 0. The van der Waals surface area contributed by atoms with E-state index in [1.54, 1.807) is 18.2 Å². The first-order valence-corrected chi connectivity index (χ1v) is 10.1. The Morgan fingerprint density at radius 2 is 1.88 bits per heavy atom. The number of nitrogens with one attached hydrogen (secondary N) is 1. The molecule has 32 heavy (non-hydrogen) atoms. The van der Waals surface area contributed by atoms with Crippen LogP contribution in [0.1, 0.15) is 35.9 Å². The minimum Gasteiger partial charge on any atom is -0.497 e. The maximum absolute atomic E-state index is 13.6. The van der Waals surface area contributed by atoms with Crippen molar-refractivity contribution in [2.75, 3.05) is 24.9 Å². The molecule has 0 unspecified atom stereocenters. The van der Waals surface area contributed by atoms with Gasteiger partial charge >= 0.3 is 5.69 Å². The second kappa shape index (κ2) is 9.90. The van der Waals surface area contributed by atoms with Gasteiger partial charge in [0.05, 0.1) is 27.0 Å². The number of nitrogen functional groups attached to an aromatic ring is 1. The maximum atomic E-state index is 13.6. The molecule has 0 atom stereocenters. The number of nitrogens with zero attached hydrogens (tertiary/aromatic N) is 2. The fourth-order valence-electron chi connectivity index (χ4n) is 3.27. The number of furan rings is 1. The third kappa shape index (κ3) is 4.69. The minimum absolute atomic E-state index is 0.0787. The van der Waals surface area contributed by atoms with Crippen LogP contribution in [0.3, 0.4) is 0 Å². The molecule has 2 heterocycles. The van der Waals surface area contributed by atoms with Crippen LogP contribution in [0.5, 0.6) is 11.5 Å². The van der Waals surface area contributed by atoms with E-state index < -0.39 is 17.2 Å². The van der Waals surface area contributed by atoms with Crippen molar-refractivity contribution in [1.82, 2.24) is 9.55 Å². The third-order valence-corrected chi connectivity index (χ3v) is 4.96. The molecule has 170 valence electrons. The lowest BCUT2D eigenvalue weighted by atomic mass is 10.1. The molecule has 0 spiro atoms. The first-order chi connectivity index (χ1) is 15.4. The summed E-state index contributed by atoms with van der Waals surface area (Å²) in [6.07, 6.45) is 2.95. The molecule has 3 aromatic rings. The average molecular weight is 442 g/mol. The second-order valence-electron chi connectivity index (χ2n) is 7.07. The van der Waals surface area contributed by atoms with E-state index in [0.29, 0.717) is 30.2 Å². The molecule has 1 amide bonds. The highest BCUT2D eigenvalue weighted by molar-refractivity contribution is 6.07. The number of hydrogen-bond donors (Lipinski definition) is 2. The zero-order valence-corrected chi connectivity index (χ0v) is 18.2. The lowest BCUT2D eigenvalue weighted by Crippen LogP contribution is -2.41. The van der Waals surface area contributed by atoms with Crippen LogP contribution in [0.25, 0.3) is 0 Å². The molecule has 0 bridgehead atoms. The summed E-state index contributed by atoms with van der Waals surface area (Å²) in [4.78, 5) is 42.2. The summed E-state index contributed by atoms with van der Waals surface area (Å²) in [6, 6.07) is 8.01. The molecule has 0 radical (unpaired) electrons. The highest BCUT2D eigenvalue weighted by atomic mass is 16.5. The molecule has 3 N–H and O–H groups in total. The number of unbranched alkanes of at least 4 members (excludes halogenated alkanes) is 1. The van der Waals surface area contributed by atoms with Crippen molar-refractivity contribution in [2.45, 2.75) is 32.9 Å². The Morgan fingerprint density at radius 1 is 1.19 bits per heavy atom. The van der Waals surface area contributed by atoms with Crippen LogP contribution >= 0.6 is 0 Å². The number of anilines is 2. The van der Waals surface area contributed by atoms with E-state index in [0.717, 1.165) is 6.42 Å². The van der Waals surface area contributed by atoms with Gasteiger partial charge in [-0.15, -0.1) is 0 Å². The van der Waals surface area contributed by atoms with E-state index in [2.05, 4.69) is 4.98 Å². The number of nitrogens with two attached hydrogens (primary N) is 1. The largest absolute Gasteiger partial charge is 0.497 e. The molecule has 0 saturated heterocycles. The number of aromatic amines is 1. The molecule has 0 aliphatic rings. The quantitative estimate of drug-likeness (QED) is 0.520. The Balaban J connectivity index is 2.17. The number of amides is 1. The van der Waals surface area contributed by atoms with Crippen molar-refractivity contribution in [2.24, 2.45) is 0 Å². The SMILES string of the molecule is CCCCn1c(N)c(N(Cc2ccco2)C(=O)c2cc(OC)cc(OC)c2)c(=O)[nH]c1=O. The molecule has 0 saturated carbocycles. The summed E-state index contributed by atoms with van der Waals surface area (Å²) in [5.74, 6) is 0.595. The van der Waals surface area contributed by atoms with Gasteiger partial charge in [-0.3, -0.25) is 24.0 Å². The number of aromatic nitrogens is 2. The molecular weight excluding hydrogens is 416 g/mol. The molecule has 1 aromatic carbocycles. The molecule has 0 aliphatic heterocycles. The summed E-state index contributed by atoms with van der Waals surface area (Å²) >= 11 is 0. The van der Waals surface area contributed by atoms with E-state index >= 15 is 0 Å². The Morgan fingerprint density at radius 3 is 2.44 bits per heavy atom. The lowest BCUT2D eigenvalue weighted by Gasteiger charge is -2.24. The normalized spacial score (nSPS) is 10.7. The van der Waals surface area contributed by atoms with Gasteiger partial charge in [-0.1, -0.05) is 13.3 Å². The van der Waals surface area contributed by atoms with Crippen LogP contribution in [0.2, 0.25) is 0 Å². The zero-order valence-electron chi connectivity index (χ0n) is 18.2. The zero-order chi connectivity index (χ0) is 23.3. The van der Waals surface area contributed by atoms with Crippen molar-refractivity contribution in [3.05, 3.63) is 68.8 Å². The number of methoxy groups -OCH3 is 2. The summed E-state index contributed by atoms with van der Waals surface area (Å²) in [7, 11) is 2.94. The highest BCUT2D eigenvalue weighted by Crippen LogP contribution is 2.27. The topological polar surface area (TPSA) is 133 Å². The predicted molar refractivity (Wildman–Crippen MR) is 119 cm³/mol. The predicted octanol–water partition coefficient (Wildman–Crippen LogP) is 2.38. The van der Waals surface area contributed by atoms with Gasteiger partial charge in [-0.05, 0) is 30.7 Å². The number of ether oxygens (including phenoxy) is 2. The Bertz CT molecular complexity index is 1170. The van der Waals surface area contributed by atoms with E-state index in [-0.39, 0.29) is 23.6 Å². The van der Waals surface area contributed by atoms with Gasteiger partial charge in [0.15, 0.2) is 5.69 Å². The third-order valence-electron chi connectivity index (χ3n) is 4.96. The summed E-state index contributed by atoms with van der Waals surface area (Å²) < 4.78 is 17.2. The summed E-state index contributed by atoms with van der Waals surface area (Å²) in [5.41, 5.74) is 4.93. The standard InChI is InChI=1S/C22H26N4O6/c1-4-5-8-25-19(23)18(20(27)24-22(25)29)26(13-15-7-6-9-32-15)21(28)14-10-16(30-2)12-17(11-14)31-3/h6-7,9-12H,4-5,8,13,23H2,1-3H3,(H,24,27,29). The molecule has 0 fully saturated rings. The smallest absolute Gasteiger partial charge is 0.330 e. The number of hydrogen-bond acceptors (Lipinski definition) is 7.